The molecule has 1 N–H and O–H groups in total. The summed E-state index contributed by atoms with van der Waals surface area (Å²) in [5, 5.41) is 3.21. The number of carbonyl (C=O) groups excluding carboxylic acids is 1. The first-order valence-electron chi connectivity index (χ1n) is 6.95. The minimum atomic E-state index is -0.379. The van der Waals surface area contributed by atoms with E-state index in [2.05, 4.69) is 19.8 Å². The zero-order valence-corrected chi connectivity index (χ0v) is 13.8. The molecule has 0 fully saturated rings. The molecule has 1 aromatic carbocycles. The molecule has 0 atom stereocenters. The molecule has 0 saturated heterocycles. The summed E-state index contributed by atoms with van der Waals surface area (Å²) >= 11 is 1.13. The summed E-state index contributed by atoms with van der Waals surface area (Å²) in [7, 11) is 2.87. The summed E-state index contributed by atoms with van der Waals surface area (Å²) in [6, 6.07) is 8.68. The Bertz CT molecular complexity index is 950. The maximum absolute atomic E-state index is 12.3. The molecule has 0 aliphatic rings. The van der Waals surface area contributed by atoms with Crippen LogP contribution in [0.4, 0.5) is 0 Å². The number of fused-ring (bicyclic) bond motifs is 1. The van der Waals surface area contributed by atoms with Gasteiger partial charge in [-0.1, -0.05) is 23.9 Å². The van der Waals surface area contributed by atoms with Crippen LogP contribution in [0.1, 0.15) is 0 Å². The molecule has 8 nitrogen and oxygen atoms in total. The average molecular weight is 346 g/mol. The van der Waals surface area contributed by atoms with E-state index in [0.717, 1.165) is 11.8 Å². The summed E-state index contributed by atoms with van der Waals surface area (Å²) in [6.45, 7) is 0. The van der Waals surface area contributed by atoms with Gasteiger partial charge in [-0.05, 0) is 12.1 Å². The van der Waals surface area contributed by atoms with Gasteiger partial charge < -0.3 is 9.47 Å². The lowest BCUT2D eigenvalue weighted by molar-refractivity contribution is -0.137. The summed E-state index contributed by atoms with van der Waals surface area (Å²) in [5.74, 6) is 0.542. The summed E-state index contributed by atoms with van der Waals surface area (Å²) in [4.78, 5) is 32.1. The standard InChI is InChI=1S/C15H14N4O4S/c1-22-11-6-4-3-5-9(11)10-7-12(20)19-14(16-10)17-15(18-19)24-8-13(21)23-2/h3-7H,8H2,1-2H3,(H,16,17,18). The number of rotatable bonds is 5. The average Bonchev–Trinajstić information content (AvgIpc) is 3.03. The minimum absolute atomic E-state index is 0.0877. The number of aromatic amines is 1. The number of aromatic nitrogens is 4. The van der Waals surface area contributed by atoms with Crippen LogP contribution in [0.3, 0.4) is 0 Å². The van der Waals surface area contributed by atoms with Crippen LogP contribution >= 0.6 is 11.8 Å². The highest BCUT2D eigenvalue weighted by Crippen LogP contribution is 2.27. The van der Waals surface area contributed by atoms with Gasteiger partial charge in [0.15, 0.2) is 5.16 Å². The Balaban J connectivity index is 2.01. The van der Waals surface area contributed by atoms with E-state index in [4.69, 9.17) is 4.74 Å². The van der Waals surface area contributed by atoms with Gasteiger partial charge in [0.2, 0.25) is 0 Å². The van der Waals surface area contributed by atoms with Crippen molar-refractivity contribution in [2.75, 3.05) is 20.0 Å². The van der Waals surface area contributed by atoms with Crippen molar-refractivity contribution in [3.05, 3.63) is 40.7 Å². The predicted octanol–water partition coefficient (Wildman–Crippen LogP) is 1.36. The maximum atomic E-state index is 12.3. The van der Waals surface area contributed by atoms with Crippen LogP contribution in [0, 0.1) is 0 Å². The zero-order valence-electron chi connectivity index (χ0n) is 13.0. The Morgan fingerprint density at radius 2 is 2.08 bits per heavy atom. The molecule has 0 amide bonds. The van der Waals surface area contributed by atoms with Crippen LogP contribution in [0.5, 0.6) is 5.75 Å². The number of para-hydroxylation sites is 1. The van der Waals surface area contributed by atoms with E-state index >= 15 is 0 Å². The molecule has 0 aliphatic heterocycles. The molecular formula is C15H14N4O4S. The third-order valence-electron chi connectivity index (χ3n) is 3.25. The Kier molecular flexibility index (Phi) is 4.52. The number of nitrogens with zero attached hydrogens (tertiary/aromatic N) is 3. The van der Waals surface area contributed by atoms with Crippen molar-refractivity contribution in [2.45, 2.75) is 5.16 Å². The van der Waals surface area contributed by atoms with Gasteiger partial charge in [-0.25, -0.2) is 4.98 Å². The fourth-order valence-corrected chi connectivity index (χ4v) is 2.78. The molecular weight excluding hydrogens is 332 g/mol. The topological polar surface area (TPSA) is 98.6 Å². The number of thioether (sulfide) groups is 1. The number of carbonyl (C=O) groups is 1. The van der Waals surface area contributed by atoms with Crippen molar-refractivity contribution in [1.29, 1.82) is 0 Å². The summed E-state index contributed by atoms with van der Waals surface area (Å²) in [5.41, 5.74) is 0.859. The first-order chi connectivity index (χ1) is 11.6. The van der Waals surface area contributed by atoms with Crippen LogP contribution in [0.15, 0.2) is 40.3 Å². The van der Waals surface area contributed by atoms with E-state index in [-0.39, 0.29) is 23.1 Å². The van der Waals surface area contributed by atoms with Crippen molar-refractivity contribution in [3.8, 4) is 17.0 Å². The summed E-state index contributed by atoms with van der Waals surface area (Å²) < 4.78 is 11.1. The van der Waals surface area contributed by atoms with Crippen molar-refractivity contribution in [1.82, 2.24) is 19.6 Å². The van der Waals surface area contributed by atoms with Crippen molar-refractivity contribution >= 4 is 23.5 Å². The van der Waals surface area contributed by atoms with E-state index in [9.17, 15) is 9.59 Å². The molecule has 0 spiro atoms. The van der Waals surface area contributed by atoms with Crippen molar-refractivity contribution in [2.24, 2.45) is 0 Å². The normalized spacial score (nSPS) is 10.8. The lowest BCUT2D eigenvalue weighted by atomic mass is 10.1. The Labute approximate surface area is 140 Å². The van der Waals surface area contributed by atoms with E-state index in [1.165, 1.54) is 17.7 Å². The molecule has 0 radical (unpaired) electrons. The second-order valence-electron chi connectivity index (χ2n) is 4.71. The molecule has 2 aromatic heterocycles. The third kappa shape index (κ3) is 3.11. The fourth-order valence-electron chi connectivity index (χ4n) is 2.11. The lowest BCUT2D eigenvalue weighted by Gasteiger charge is -2.06. The van der Waals surface area contributed by atoms with E-state index in [1.54, 1.807) is 13.2 Å². The highest BCUT2D eigenvalue weighted by atomic mass is 32.2. The van der Waals surface area contributed by atoms with Gasteiger partial charge in [-0.3, -0.25) is 14.7 Å². The zero-order chi connectivity index (χ0) is 17.1. The van der Waals surface area contributed by atoms with Crippen molar-refractivity contribution < 1.29 is 14.3 Å². The highest BCUT2D eigenvalue weighted by molar-refractivity contribution is 7.99. The number of benzene rings is 1. The number of esters is 1. The van der Waals surface area contributed by atoms with Crippen molar-refractivity contribution in [3.63, 3.8) is 0 Å². The number of hydrogen-bond donors (Lipinski definition) is 1. The molecule has 9 heteroatoms. The Morgan fingerprint density at radius 1 is 1.29 bits per heavy atom. The van der Waals surface area contributed by atoms with Gasteiger partial charge >= 0.3 is 5.97 Å². The molecule has 0 saturated carbocycles. The molecule has 3 rings (SSSR count). The SMILES string of the molecule is COC(=O)CSc1nc2nc(-c3ccccc3OC)cc(=O)n2[nH]1. The molecule has 0 unspecified atom stereocenters. The van der Waals surface area contributed by atoms with Crippen LogP contribution in [0.2, 0.25) is 0 Å². The van der Waals surface area contributed by atoms with Crippen LogP contribution < -0.4 is 10.3 Å². The molecule has 2 heterocycles. The molecule has 3 aromatic rings. The largest absolute Gasteiger partial charge is 0.496 e. The third-order valence-corrected chi connectivity index (χ3v) is 4.08. The molecule has 24 heavy (non-hydrogen) atoms. The second-order valence-corrected chi connectivity index (χ2v) is 5.67. The molecule has 124 valence electrons. The fraction of sp³-hybridized carbons (Fsp3) is 0.200. The van der Waals surface area contributed by atoms with Gasteiger partial charge in [0.05, 0.1) is 25.7 Å². The smallest absolute Gasteiger partial charge is 0.316 e. The predicted molar refractivity (Wildman–Crippen MR) is 88.3 cm³/mol. The first-order valence-corrected chi connectivity index (χ1v) is 7.93. The number of H-pyrrole nitrogens is 1. The molecule has 0 aliphatic carbocycles. The number of nitrogens with one attached hydrogen (secondary N) is 1. The monoisotopic (exact) mass is 346 g/mol. The molecule has 0 bridgehead atoms. The highest BCUT2D eigenvalue weighted by Gasteiger charge is 2.13. The van der Waals surface area contributed by atoms with Crippen LogP contribution in [-0.4, -0.2) is 45.5 Å². The first kappa shape index (κ1) is 16.1. The van der Waals surface area contributed by atoms with Gasteiger partial charge in [0.1, 0.15) is 5.75 Å². The van der Waals surface area contributed by atoms with Gasteiger partial charge in [0, 0.05) is 11.6 Å². The Morgan fingerprint density at radius 3 is 2.83 bits per heavy atom. The Hall–Kier alpha value is -2.81. The van der Waals surface area contributed by atoms with E-state index < -0.39 is 0 Å². The minimum Gasteiger partial charge on any atom is -0.496 e. The summed E-state index contributed by atoms with van der Waals surface area (Å²) in [6.07, 6.45) is 0. The quantitative estimate of drug-likeness (QED) is 0.550. The van der Waals surface area contributed by atoms with Crippen LogP contribution in [-0.2, 0) is 9.53 Å². The van der Waals surface area contributed by atoms with Gasteiger partial charge in [0.25, 0.3) is 11.3 Å². The lowest BCUT2D eigenvalue weighted by Crippen LogP contribution is -2.14. The van der Waals surface area contributed by atoms with Crippen LogP contribution in [0.25, 0.3) is 17.0 Å². The van der Waals surface area contributed by atoms with E-state index in [0.29, 0.717) is 22.2 Å². The van der Waals surface area contributed by atoms with E-state index in [1.807, 2.05) is 18.2 Å². The number of ether oxygens (including phenoxy) is 2. The number of hydrogen-bond acceptors (Lipinski definition) is 7. The second kappa shape index (κ2) is 6.75. The van der Waals surface area contributed by atoms with Gasteiger partial charge in [-0.15, -0.1) is 0 Å². The number of methoxy groups -OCH3 is 2. The maximum Gasteiger partial charge on any atom is 0.316 e. The van der Waals surface area contributed by atoms with Gasteiger partial charge in [-0.2, -0.15) is 9.50 Å².